The van der Waals surface area contributed by atoms with E-state index in [1.54, 1.807) is 22.7 Å². The average molecular weight is 264 g/mol. The van der Waals surface area contributed by atoms with Gasteiger partial charge in [0, 0.05) is 11.1 Å². The van der Waals surface area contributed by atoms with Crippen LogP contribution in [0.4, 0.5) is 0 Å². The fourth-order valence-electron chi connectivity index (χ4n) is 2.87. The fourth-order valence-corrected chi connectivity index (χ4v) is 5.23. The third-order valence-corrected chi connectivity index (χ3v) is 5.87. The largest absolute Gasteiger partial charge is 0.340 e. The maximum absolute atomic E-state index is 6.02. The summed E-state index contributed by atoms with van der Waals surface area (Å²) in [5.74, 6) is -0.584. The first-order valence-electron chi connectivity index (χ1n) is 5.69. The van der Waals surface area contributed by atoms with Crippen LogP contribution in [0, 0.1) is 13.8 Å². The molecule has 1 aliphatic carbocycles. The van der Waals surface area contributed by atoms with Crippen LogP contribution < -0.4 is 0 Å². The minimum Gasteiger partial charge on any atom is -0.340 e. The third-order valence-electron chi connectivity index (χ3n) is 3.51. The molecule has 2 aromatic rings. The lowest BCUT2D eigenvalue weighted by Crippen LogP contribution is -2.26. The van der Waals surface area contributed by atoms with Gasteiger partial charge < -0.3 is 9.47 Å². The van der Waals surface area contributed by atoms with Crippen LogP contribution in [0.25, 0.3) is 9.75 Å². The van der Waals surface area contributed by atoms with Crippen molar-refractivity contribution in [2.45, 2.75) is 19.6 Å². The molecule has 1 saturated heterocycles. The van der Waals surface area contributed by atoms with E-state index in [-0.39, 0.29) is 0 Å². The molecule has 2 aromatic heterocycles. The molecule has 3 heterocycles. The van der Waals surface area contributed by atoms with E-state index >= 15 is 0 Å². The molecule has 4 heteroatoms. The van der Waals surface area contributed by atoms with Crippen molar-refractivity contribution in [2.24, 2.45) is 0 Å². The van der Waals surface area contributed by atoms with E-state index < -0.39 is 5.79 Å². The summed E-state index contributed by atoms with van der Waals surface area (Å²) in [7, 11) is 0. The van der Waals surface area contributed by atoms with Crippen molar-refractivity contribution in [3.63, 3.8) is 0 Å². The molecule has 0 atom stereocenters. The van der Waals surface area contributed by atoms with Crippen molar-refractivity contribution in [1.29, 1.82) is 0 Å². The molecule has 0 aromatic carbocycles. The van der Waals surface area contributed by atoms with Crippen LogP contribution in [-0.4, -0.2) is 13.2 Å². The lowest BCUT2D eigenvalue weighted by atomic mass is 10.0. The van der Waals surface area contributed by atoms with Gasteiger partial charge in [0.15, 0.2) is 0 Å². The second-order valence-corrected chi connectivity index (χ2v) is 6.32. The highest BCUT2D eigenvalue weighted by atomic mass is 32.1. The Bertz CT molecular complexity index is 555. The first-order chi connectivity index (χ1) is 8.24. The maximum Gasteiger partial charge on any atom is 0.225 e. The Morgan fingerprint density at radius 2 is 1.41 bits per heavy atom. The highest BCUT2D eigenvalue weighted by Crippen LogP contribution is 2.58. The van der Waals surface area contributed by atoms with E-state index in [2.05, 4.69) is 24.6 Å². The van der Waals surface area contributed by atoms with Gasteiger partial charge in [-0.25, -0.2) is 0 Å². The van der Waals surface area contributed by atoms with Crippen LogP contribution >= 0.6 is 22.7 Å². The molecule has 0 bridgehead atoms. The number of ether oxygens (including phenoxy) is 2. The molecule has 17 heavy (non-hydrogen) atoms. The Morgan fingerprint density at radius 3 is 1.88 bits per heavy atom. The number of hydrogen-bond donors (Lipinski definition) is 0. The minimum atomic E-state index is -0.584. The van der Waals surface area contributed by atoms with Crippen molar-refractivity contribution in [3.05, 3.63) is 33.0 Å². The predicted molar refractivity (Wildman–Crippen MR) is 69.8 cm³/mol. The first-order valence-corrected chi connectivity index (χ1v) is 7.45. The molecule has 1 spiro atoms. The molecule has 1 aliphatic heterocycles. The monoisotopic (exact) mass is 264 g/mol. The summed E-state index contributed by atoms with van der Waals surface area (Å²) < 4.78 is 12.0. The van der Waals surface area contributed by atoms with E-state index in [4.69, 9.17) is 9.47 Å². The Balaban J connectivity index is 2.11. The Hall–Kier alpha value is -0.680. The van der Waals surface area contributed by atoms with Crippen LogP contribution in [0.5, 0.6) is 0 Å². The highest BCUT2D eigenvalue weighted by molar-refractivity contribution is 7.21. The molecule has 0 amide bonds. The molecule has 0 radical (unpaired) electrons. The number of rotatable bonds is 0. The Labute approximate surface area is 108 Å². The molecule has 2 nitrogen and oxygen atoms in total. The van der Waals surface area contributed by atoms with Crippen LogP contribution in [0.1, 0.15) is 22.3 Å². The summed E-state index contributed by atoms with van der Waals surface area (Å²) in [5.41, 5.74) is 5.08. The van der Waals surface area contributed by atoms with Crippen LogP contribution in [0.15, 0.2) is 10.8 Å². The molecule has 1 fully saturated rings. The quantitative estimate of drug-likeness (QED) is 0.723. The second-order valence-electron chi connectivity index (χ2n) is 4.56. The normalized spacial score (nSPS) is 19.9. The van der Waals surface area contributed by atoms with Crippen LogP contribution in [0.2, 0.25) is 0 Å². The summed E-state index contributed by atoms with van der Waals surface area (Å²) in [6.45, 7) is 5.66. The molecule has 4 rings (SSSR count). The predicted octanol–water partition coefficient (Wildman–Crippen LogP) is 3.65. The lowest BCUT2D eigenvalue weighted by molar-refractivity contribution is -0.126. The van der Waals surface area contributed by atoms with Crippen molar-refractivity contribution in [2.75, 3.05) is 13.2 Å². The summed E-state index contributed by atoms with van der Waals surface area (Å²) in [5, 5.41) is 4.41. The summed E-state index contributed by atoms with van der Waals surface area (Å²) in [4.78, 5) is 2.69. The summed E-state index contributed by atoms with van der Waals surface area (Å²) in [6, 6.07) is 0. The SMILES string of the molecule is Cc1csc2c1C1(OCCO1)c1c(C)csc1-2. The molecule has 2 aliphatic rings. The van der Waals surface area contributed by atoms with Gasteiger partial charge in [0.2, 0.25) is 5.79 Å². The Kier molecular flexibility index (Phi) is 1.93. The topological polar surface area (TPSA) is 18.5 Å². The molecular weight excluding hydrogens is 252 g/mol. The maximum atomic E-state index is 6.02. The Morgan fingerprint density at radius 1 is 0.941 bits per heavy atom. The first kappa shape index (κ1) is 10.3. The number of hydrogen-bond acceptors (Lipinski definition) is 4. The van der Waals surface area contributed by atoms with Gasteiger partial charge in [-0.3, -0.25) is 0 Å². The van der Waals surface area contributed by atoms with Crippen molar-refractivity contribution in [1.82, 2.24) is 0 Å². The smallest absolute Gasteiger partial charge is 0.225 e. The van der Waals surface area contributed by atoms with Gasteiger partial charge in [-0.05, 0) is 35.7 Å². The van der Waals surface area contributed by atoms with E-state index in [1.165, 1.54) is 32.0 Å². The van der Waals surface area contributed by atoms with Crippen LogP contribution in [-0.2, 0) is 15.3 Å². The second kappa shape index (κ2) is 3.20. The van der Waals surface area contributed by atoms with Crippen molar-refractivity contribution in [3.8, 4) is 9.75 Å². The van der Waals surface area contributed by atoms with Gasteiger partial charge in [0.25, 0.3) is 0 Å². The van der Waals surface area contributed by atoms with Gasteiger partial charge in [0.05, 0.1) is 23.0 Å². The van der Waals surface area contributed by atoms with Gasteiger partial charge in [-0.1, -0.05) is 0 Å². The molecule has 0 N–H and O–H groups in total. The summed E-state index contributed by atoms with van der Waals surface area (Å²) in [6.07, 6.45) is 0. The van der Waals surface area contributed by atoms with Crippen LogP contribution in [0.3, 0.4) is 0 Å². The van der Waals surface area contributed by atoms with E-state index in [0.29, 0.717) is 13.2 Å². The van der Waals surface area contributed by atoms with Crippen molar-refractivity contribution >= 4 is 22.7 Å². The van der Waals surface area contributed by atoms with Gasteiger partial charge in [0.1, 0.15) is 0 Å². The number of thiophene rings is 2. The zero-order chi connectivity index (χ0) is 11.6. The summed E-state index contributed by atoms with van der Waals surface area (Å²) >= 11 is 3.61. The molecular formula is C13H12O2S2. The molecule has 0 saturated carbocycles. The van der Waals surface area contributed by atoms with Gasteiger partial charge >= 0.3 is 0 Å². The van der Waals surface area contributed by atoms with Crippen molar-refractivity contribution < 1.29 is 9.47 Å². The van der Waals surface area contributed by atoms with Gasteiger partial charge in [-0.15, -0.1) is 22.7 Å². The standard InChI is InChI=1S/C13H12O2S2/c1-7-5-16-11-9(7)13(14-3-4-15-13)10-8(2)6-17-12(10)11/h5-6H,3-4H2,1-2H3. The molecule has 88 valence electrons. The molecule has 0 unspecified atom stereocenters. The highest BCUT2D eigenvalue weighted by Gasteiger charge is 2.52. The average Bonchev–Trinajstić information content (AvgIpc) is 2.99. The van der Waals surface area contributed by atoms with E-state index in [9.17, 15) is 0 Å². The van der Waals surface area contributed by atoms with E-state index in [1.807, 2.05) is 0 Å². The minimum absolute atomic E-state index is 0.584. The number of aryl methyl sites for hydroxylation is 2. The lowest BCUT2D eigenvalue weighted by Gasteiger charge is -2.25. The fraction of sp³-hybridized carbons (Fsp3) is 0.385. The third kappa shape index (κ3) is 1.07. The van der Waals surface area contributed by atoms with E-state index in [0.717, 1.165) is 0 Å². The van der Waals surface area contributed by atoms with Gasteiger partial charge in [-0.2, -0.15) is 0 Å². The number of fused-ring (bicyclic) bond motifs is 5. The zero-order valence-electron chi connectivity index (χ0n) is 9.70. The zero-order valence-corrected chi connectivity index (χ0v) is 11.3.